The van der Waals surface area contributed by atoms with Crippen molar-refractivity contribution in [2.45, 2.75) is 70.0 Å². The van der Waals surface area contributed by atoms with Crippen molar-refractivity contribution in [3.05, 3.63) is 18.2 Å². The molecule has 0 radical (unpaired) electrons. The summed E-state index contributed by atoms with van der Waals surface area (Å²) in [5, 5.41) is 2.85. The number of benzene rings is 1. The Hall–Kier alpha value is -1.91. The van der Waals surface area contributed by atoms with Gasteiger partial charge in [0, 0.05) is 6.07 Å². The van der Waals surface area contributed by atoms with Crippen LogP contribution in [0, 0.1) is 0 Å². The Morgan fingerprint density at radius 1 is 0.931 bits per heavy atom. The number of carbonyl (C=O) groups excluding carboxylic acids is 1. The summed E-state index contributed by atoms with van der Waals surface area (Å²) in [6.07, 6.45) is -3.36. The number of methoxy groups -OCH3 is 2. The molecule has 0 aromatic heterocycles. The third-order valence-electron chi connectivity index (χ3n) is 5.08. The van der Waals surface area contributed by atoms with Crippen molar-refractivity contribution in [2.75, 3.05) is 19.5 Å². The second-order valence-electron chi connectivity index (χ2n) is 8.15. The van der Waals surface area contributed by atoms with Crippen molar-refractivity contribution in [1.29, 1.82) is 0 Å². The lowest BCUT2D eigenvalue weighted by atomic mass is 9.98. The molecule has 1 aromatic carbocycles. The quantitative estimate of drug-likeness (QED) is 0.808. The van der Waals surface area contributed by atoms with Crippen LogP contribution in [0.5, 0.6) is 11.5 Å². The van der Waals surface area contributed by atoms with Gasteiger partial charge in [-0.1, -0.05) is 0 Å². The first-order chi connectivity index (χ1) is 13.6. The van der Waals surface area contributed by atoms with Gasteiger partial charge in [-0.3, -0.25) is 4.79 Å². The van der Waals surface area contributed by atoms with Crippen molar-refractivity contribution in [3.63, 3.8) is 0 Å². The molecule has 0 bridgehead atoms. The van der Waals surface area contributed by atoms with Crippen molar-refractivity contribution in [3.8, 4) is 11.5 Å². The highest BCUT2D eigenvalue weighted by Crippen LogP contribution is 2.44. The summed E-state index contributed by atoms with van der Waals surface area (Å²) in [6.45, 7) is 7.17. The molecule has 9 heteroatoms. The number of fused-ring (bicyclic) bond motifs is 3. The zero-order valence-electron chi connectivity index (χ0n) is 17.4. The summed E-state index contributed by atoms with van der Waals surface area (Å²) in [5.74, 6) is -1.05. The maximum absolute atomic E-state index is 13.2. The van der Waals surface area contributed by atoms with Crippen LogP contribution < -0.4 is 14.8 Å². The van der Waals surface area contributed by atoms with E-state index in [0.29, 0.717) is 17.2 Å². The van der Waals surface area contributed by atoms with E-state index in [1.54, 1.807) is 53.0 Å². The molecule has 160 valence electrons. The number of ether oxygens (including phenoxy) is 7. The van der Waals surface area contributed by atoms with Gasteiger partial charge in [-0.15, -0.1) is 0 Å². The van der Waals surface area contributed by atoms with Crippen LogP contribution in [0.25, 0.3) is 0 Å². The Morgan fingerprint density at radius 2 is 1.59 bits per heavy atom. The predicted octanol–water partition coefficient (Wildman–Crippen LogP) is 2.04. The summed E-state index contributed by atoms with van der Waals surface area (Å²) in [6, 6.07) is 5.13. The minimum atomic E-state index is -0.962. The number of hydrogen-bond donors (Lipinski definition) is 1. The first-order valence-electron chi connectivity index (χ1n) is 9.52. The molecule has 0 unspecified atom stereocenters. The van der Waals surface area contributed by atoms with Crippen LogP contribution >= 0.6 is 0 Å². The monoisotopic (exact) mass is 409 g/mol. The Balaban J connectivity index is 1.60. The van der Waals surface area contributed by atoms with E-state index in [0.717, 1.165) is 0 Å². The molecule has 0 spiro atoms. The average Bonchev–Trinajstić information content (AvgIpc) is 3.14. The number of amides is 1. The molecule has 9 nitrogen and oxygen atoms in total. The maximum Gasteiger partial charge on any atom is 0.256 e. The zero-order chi connectivity index (χ0) is 21.0. The molecule has 1 N–H and O–H groups in total. The second-order valence-corrected chi connectivity index (χ2v) is 8.15. The van der Waals surface area contributed by atoms with E-state index in [4.69, 9.17) is 33.2 Å². The van der Waals surface area contributed by atoms with Crippen LogP contribution in [0.15, 0.2) is 18.2 Å². The van der Waals surface area contributed by atoms with E-state index in [-0.39, 0.29) is 0 Å². The molecule has 3 heterocycles. The number of hydrogen-bond acceptors (Lipinski definition) is 8. The van der Waals surface area contributed by atoms with Crippen LogP contribution in [0.2, 0.25) is 0 Å². The topological polar surface area (TPSA) is 93.7 Å². The normalized spacial score (nSPS) is 34.2. The second kappa shape index (κ2) is 7.10. The Kier molecular flexibility index (Phi) is 4.99. The lowest BCUT2D eigenvalue weighted by Crippen LogP contribution is -2.58. The molecule has 1 aromatic rings. The SMILES string of the molecule is COc1ccc(OC)c(NC(=O)[C@@H]2O[C@@H]3OC(C)(C)O[C@@H]3[C@H]3OC(C)(C)O[C@@H]32)c1. The molecule has 29 heavy (non-hydrogen) atoms. The molecule has 0 aliphatic carbocycles. The fourth-order valence-corrected chi connectivity index (χ4v) is 3.94. The summed E-state index contributed by atoms with van der Waals surface area (Å²) in [7, 11) is 3.07. The Bertz CT molecular complexity index is 795. The van der Waals surface area contributed by atoms with Crippen LogP contribution in [-0.2, 0) is 28.5 Å². The standard InChI is InChI=1S/C20H27NO8/c1-19(2)26-13-14(27-19)16-18(29-20(3,4)28-16)25-15(13)17(22)21-11-9-10(23-5)7-8-12(11)24-6/h7-9,13-16,18H,1-6H3,(H,21,22)/t13-,14-,15+,16+,18+/m0/s1. The molecule has 3 fully saturated rings. The van der Waals surface area contributed by atoms with Crippen molar-refractivity contribution in [1.82, 2.24) is 0 Å². The van der Waals surface area contributed by atoms with E-state index >= 15 is 0 Å². The minimum Gasteiger partial charge on any atom is -0.497 e. The molecule has 4 rings (SSSR count). The van der Waals surface area contributed by atoms with Gasteiger partial charge in [0.25, 0.3) is 5.91 Å². The Morgan fingerprint density at radius 3 is 2.28 bits per heavy atom. The first-order valence-corrected chi connectivity index (χ1v) is 9.52. The van der Waals surface area contributed by atoms with Crippen LogP contribution in [0.1, 0.15) is 27.7 Å². The van der Waals surface area contributed by atoms with Gasteiger partial charge in [0.1, 0.15) is 29.8 Å². The summed E-state index contributed by atoms with van der Waals surface area (Å²) in [4.78, 5) is 13.2. The minimum absolute atomic E-state index is 0.403. The highest BCUT2D eigenvalue weighted by molar-refractivity contribution is 5.96. The van der Waals surface area contributed by atoms with Crippen molar-refractivity contribution < 1.29 is 38.0 Å². The third-order valence-corrected chi connectivity index (χ3v) is 5.08. The lowest BCUT2D eigenvalue weighted by molar-refractivity contribution is -0.229. The molecule has 1 amide bonds. The van der Waals surface area contributed by atoms with Gasteiger partial charge >= 0.3 is 0 Å². The van der Waals surface area contributed by atoms with Gasteiger partial charge in [0.05, 0.1) is 19.9 Å². The Labute approximate surface area is 169 Å². The number of rotatable bonds is 4. The fraction of sp³-hybridized carbons (Fsp3) is 0.650. The van der Waals surface area contributed by atoms with Crippen LogP contribution in [0.4, 0.5) is 5.69 Å². The predicted molar refractivity (Wildman–Crippen MR) is 101 cm³/mol. The van der Waals surface area contributed by atoms with E-state index in [2.05, 4.69) is 5.32 Å². The smallest absolute Gasteiger partial charge is 0.256 e. The average molecular weight is 409 g/mol. The highest BCUT2D eigenvalue weighted by Gasteiger charge is 2.62. The van der Waals surface area contributed by atoms with Gasteiger partial charge < -0.3 is 38.5 Å². The van der Waals surface area contributed by atoms with Gasteiger partial charge in [-0.25, -0.2) is 0 Å². The molecule has 3 saturated heterocycles. The van der Waals surface area contributed by atoms with E-state index in [1.165, 1.54) is 7.11 Å². The molecule has 0 saturated carbocycles. The lowest BCUT2D eigenvalue weighted by Gasteiger charge is -2.36. The summed E-state index contributed by atoms with van der Waals surface area (Å²) < 4.78 is 40.4. The van der Waals surface area contributed by atoms with E-state index in [9.17, 15) is 4.79 Å². The molecular weight excluding hydrogens is 382 g/mol. The number of nitrogens with one attached hydrogen (secondary N) is 1. The van der Waals surface area contributed by atoms with Gasteiger partial charge in [-0.2, -0.15) is 0 Å². The highest BCUT2D eigenvalue weighted by atomic mass is 16.9. The third kappa shape index (κ3) is 3.80. The first kappa shape index (κ1) is 20.4. The van der Waals surface area contributed by atoms with Crippen molar-refractivity contribution in [2.24, 2.45) is 0 Å². The molecule has 3 aliphatic heterocycles. The number of anilines is 1. The van der Waals surface area contributed by atoms with Gasteiger partial charge in [0.2, 0.25) is 0 Å². The van der Waals surface area contributed by atoms with E-state index < -0.39 is 48.2 Å². The summed E-state index contributed by atoms with van der Waals surface area (Å²) in [5.41, 5.74) is 0.459. The number of carbonyl (C=O) groups is 1. The molecular formula is C20H27NO8. The fourth-order valence-electron chi connectivity index (χ4n) is 3.94. The van der Waals surface area contributed by atoms with Gasteiger partial charge in [-0.05, 0) is 39.8 Å². The zero-order valence-corrected chi connectivity index (χ0v) is 17.4. The van der Waals surface area contributed by atoms with E-state index in [1.807, 2.05) is 0 Å². The molecule has 3 aliphatic rings. The maximum atomic E-state index is 13.2. The van der Waals surface area contributed by atoms with Crippen LogP contribution in [-0.4, -0.2) is 62.4 Å². The van der Waals surface area contributed by atoms with Gasteiger partial charge in [0.15, 0.2) is 24.0 Å². The van der Waals surface area contributed by atoms with Crippen molar-refractivity contribution >= 4 is 11.6 Å². The van der Waals surface area contributed by atoms with Crippen LogP contribution in [0.3, 0.4) is 0 Å². The largest absolute Gasteiger partial charge is 0.497 e. The molecule has 5 atom stereocenters. The summed E-state index contributed by atoms with van der Waals surface area (Å²) >= 11 is 0.